The summed E-state index contributed by atoms with van der Waals surface area (Å²) in [5.74, 6) is -0.415. The second kappa shape index (κ2) is 3.48. The first-order valence-corrected chi connectivity index (χ1v) is 4.44. The van der Waals surface area contributed by atoms with Crippen molar-refractivity contribution in [3.05, 3.63) is 38.8 Å². The molecule has 1 aromatic heterocycles. The van der Waals surface area contributed by atoms with E-state index in [1.807, 2.05) is 0 Å². The van der Waals surface area contributed by atoms with Gasteiger partial charge in [0, 0.05) is 0 Å². The molecule has 0 bridgehead atoms. The van der Waals surface area contributed by atoms with E-state index < -0.39 is 5.76 Å². The van der Waals surface area contributed by atoms with Crippen molar-refractivity contribution in [3.8, 4) is 11.4 Å². The standard InChI is InChI=1S/C8H4Cl2N2O2/c9-4-2-1-3-5(10)6(4)7-11-8(13)14-12-7/h1-3H,(H,11,12,13). The van der Waals surface area contributed by atoms with E-state index >= 15 is 0 Å². The molecule has 0 aliphatic heterocycles. The summed E-state index contributed by atoms with van der Waals surface area (Å²) in [7, 11) is 0. The smallest absolute Gasteiger partial charge is 0.296 e. The molecular weight excluding hydrogens is 227 g/mol. The Morgan fingerprint density at radius 3 is 2.43 bits per heavy atom. The van der Waals surface area contributed by atoms with E-state index in [9.17, 15) is 4.79 Å². The van der Waals surface area contributed by atoms with Crippen LogP contribution in [0.25, 0.3) is 11.4 Å². The molecule has 1 N–H and O–H groups in total. The molecule has 0 aliphatic rings. The van der Waals surface area contributed by atoms with Crippen molar-refractivity contribution in [3.63, 3.8) is 0 Å². The Hall–Kier alpha value is -1.26. The van der Waals surface area contributed by atoms with Gasteiger partial charge in [0.05, 0.1) is 15.6 Å². The maximum Gasteiger partial charge on any atom is 0.439 e. The molecule has 72 valence electrons. The summed E-state index contributed by atoms with van der Waals surface area (Å²) in [6, 6.07) is 5.00. The van der Waals surface area contributed by atoms with Crippen LogP contribution in [0.15, 0.2) is 27.5 Å². The predicted octanol–water partition coefficient (Wildman–Crippen LogP) is 2.34. The van der Waals surface area contributed by atoms with Gasteiger partial charge in [-0.3, -0.25) is 9.51 Å². The fourth-order valence-electron chi connectivity index (χ4n) is 1.06. The second-order valence-corrected chi connectivity index (χ2v) is 3.35. The number of H-pyrrole nitrogens is 1. The molecule has 6 heteroatoms. The molecular formula is C8H4Cl2N2O2. The van der Waals surface area contributed by atoms with Crippen molar-refractivity contribution in [2.45, 2.75) is 0 Å². The summed E-state index contributed by atoms with van der Waals surface area (Å²) in [5, 5.41) is 4.31. The van der Waals surface area contributed by atoms with Gasteiger partial charge in [-0.05, 0) is 12.1 Å². The fourth-order valence-corrected chi connectivity index (χ4v) is 1.64. The van der Waals surface area contributed by atoms with Crippen LogP contribution < -0.4 is 5.76 Å². The Bertz CT molecular complexity index is 498. The highest BCUT2D eigenvalue weighted by atomic mass is 35.5. The van der Waals surface area contributed by atoms with Gasteiger partial charge in [-0.15, -0.1) is 0 Å². The summed E-state index contributed by atoms with van der Waals surface area (Å²) in [5.41, 5.74) is 0.460. The van der Waals surface area contributed by atoms with Crippen LogP contribution in [0.4, 0.5) is 0 Å². The quantitative estimate of drug-likeness (QED) is 0.819. The van der Waals surface area contributed by atoms with Gasteiger partial charge in [0.2, 0.25) is 0 Å². The lowest BCUT2D eigenvalue weighted by atomic mass is 10.2. The maximum atomic E-state index is 10.7. The highest BCUT2D eigenvalue weighted by molar-refractivity contribution is 6.38. The topological polar surface area (TPSA) is 58.9 Å². The number of benzene rings is 1. The predicted molar refractivity (Wildman–Crippen MR) is 52.6 cm³/mol. The lowest BCUT2D eigenvalue weighted by Gasteiger charge is -2.00. The summed E-state index contributed by atoms with van der Waals surface area (Å²) >= 11 is 11.8. The number of rotatable bonds is 1. The van der Waals surface area contributed by atoms with Crippen LogP contribution in [0.2, 0.25) is 10.0 Å². The van der Waals surface area contributed by atoms with Crippen LogP contribution in [0.3, 0.4) is 0 Å². The van der Waals surface area contributed by atoms with E-state index in [0.29, 0.717) is 15.6 Å². The van der Waals surface area contributed by atoms with Gasteiger partial charge in [-0.1, -0.05) is 34.4 Å². The zero-order valence-electron chi connectivity index (χ0n) is 6.75. The number of nitrogens with one attached hydrogen (secondary N) is 1. The van der Waals surface area contributed by atoms with E-state index in [4.69, 9.17) is 23.2 Å². The molecule has 2 aromatic rings. The lowest BCUT2D eigenvalue weighted by Crippen LogP contribution is -1.95. The molecule has 0 saturated carbocycles. The number of hydrogen-bond acceptors (Lipinski definition) is 3. The molecule has 0 aliphatic carbocycles. The first kappa shape index (κ1) is 9.30. The zero-order chi connectivity index (χ0) is 10.1. The highest BCUT2D eigenvalue weighted by Gasteiger charge is 2.12. The van der Waals surface area contributed by atoms with Gasteiger partial charge < -0.3 is 0 Å². The Labute approximate surface area is 88.4 Å². The van der Waals surface area contributed by atoms with E-state index in [1.165, 1.54) is 0 Å². The van der Waals surface area contributed by atoms with Gasteiger partial charge in [-0.25, -0.2) is 4.79 Å². The number of aromatic amines is 1. The van der Waals surface area contributed by atoms with Gasteiger partial charge in [0.25, 0.3) is 0 Å². The van der Waals surface area contributed by atoms with Crippen molar-refractivity contribution < 1.29 is 4.52 Å². The maximum absolute atomic E-state index is 10.7. The van der Waals surface area contributed by atoms with Crippen molar-refractivity contribution in [1.82, 2.24) is 10.1 Å². The van der Waals surface area contributed by atoms with Crippen LogP contribution in [0.5, 0.6) is 0 Å². The minimum Gasteiger partial charge on any atom is -0.296 e. The van der Waals surface area contributed by atoms with Crippen LogP contribution in [-0.2, 0) is 0 Å². The average molecular weight is 231 g/mol. The SMILES string of the molecule is O=c1[nH]c(-c2c(Cl)cccc2Cl)no1. The van der Waals surface area contributed by atoms with Crippen molar-refractivity contribution in [1.29, 1.82) is 0 Å². The van der Waals surface area contributed by atoms with Crippen LogP contribution >= 0.6 is 23.2 Å². The van der Waals surface area contributed by atoms with Gasteiger partial charge in [-0.2, -0.15) is 0 Å². The highest BCUT2D eigenvalue weighted by Crippen LogP contribution is 2.31. The number of halogens is 2. The molecule has 1 heterocycles. The Balaban J connectivity index is 2.67. The average Bonchev–Trinajstić information content (AvgIpc) is 2.51. The Morgan fingerprint density at radius 1 is 1.29 bits per heavy atom. The number of aromatic nitrogens is 2. The summed E-state index contributed by atoms with van der Waals surface area (Å²) in [6.45, 7) is 0. The van der Waals surface area contributed by atoms with Crippen LogP contribution in [-0.4, -0.2) is 10.1 Å². The third kappa shape index (κ3) is 1.54. The summed E-state index contributed by atoms with van der Waals surface area (Å²) in [4.78, 5) is 13.1. The van der Waals surface area contributed by atoms with Crippen molar-refractivity contribution in [2.75, 3.05) is 0 Å². The number of nitrogens with zero attached hydrogens (tertiary/aromatic N) is 1. The monoisotopic (exact) mass is 230 g/mol. The molecule has 4 nitrogen and oxygen atoms in total. The van der Waals surface area contributed by atoms with Crippen molar-refractivity contribution >= 4 is 23.2 Å². The van der Waals surface area contributed by atoms with E-state index in [2.05, 4.69) is 14.7 Å². The zero-order valence-corrected chi connectivity index (χ0v) is 8.26. The molecule has 0 unspecified atom stereocenters. The Kier molecular flexibility index (Phi) is 2.31. The largest absolute Gasteiger partial charge is 0.439 e. The normalized spacial score (nSPS) is 10.4. The minimum atomic E-state index is -0.643. The van der Waals surface area contributed by atoms with E-state index in [-0.39, 0.29) is 5.82 Å². The van der Waals surface area contributed by atoms with E-state index in [0.717, 1.165) is 0 Å². The molecule has 1 aromatic carbocycles. The molecule has 0 spiro atoms. The number of hydrogen-bond donors (Lipinski definition) is 1. The van der Waals surface area contributed by atoms with Crippen molar-refractivity contribution in [2.24, 2.45) is 0 Å². The van der Waals surface area contributed by atoms with E-state index in [1.54, 1.807) is 18.2 Å². The third-order valence-corrected chi connectivity index (χ3v) is 2.27. The minimum absolute atomic E-state index is 0.227. The molecule has 0 saturated heterocycles. The molecule has 14 heavy (non-hydrogen) atoms. The fraction of sp³-hybridized carbons (Fsp3) is 0. The van der Waals surface area contributed by atoms with Crippen LogP contribution in [0.1, 0.15) is 0 Å². The molecule has 0 amide bonds. The third-order valence-electron chi connectivity index (χ3n) is 1.64. The van der Waals surface area contributed by atoms with Crippen LogP contribution in [0, 0.1) is 0 Å². The van der Waals surface area contributed by atoms with Gasteiger partial charge in [0.1, 0.15) is 0 Å². The second-order valence-electron chi connectivity index (χ2n) is 2.54. The molecule has 0 fully saturated rings. The summed E-state index contributed by atoms with van der Waals surface area (Å²) in [6.07, 6.45) is 0. The first-order valence-electron chi connectivity index (χ1n) is 3.69. The molecule has 0 atom stereocenters. The summed E-state index contributed by atoms with van der Waals surface area (Å²) < 4.78 is 4.35. The first-order chi connectivity index (χ1) is 6.68. The lowest BCUT2D eigenvalue weighted by molar-refractivity contribution is 0.388. The Morgan fingerprint density at radius 2 is 1.93 bits per heavy atom. The molecule has 2 rings (SSSR count). The molecule has 0 radical (unpaired) electrons. The van der Waals surface area contributed by atoms with Gasteiger partial charge in [0.15, 0.2) is 5.82 Å². The van der Waals surface area contributed by atoms with Gasteiger partial charge >= 0.3 is 5.76 Å².